The molecule has 112 valence electrons. The van der Waals surface area contributed by atoms with Crippen LogP contribution in [0, 0.1) is 10.8 Å². The lowest BCUT2D eigenvalue weighted by Gasteiger charge is -2.25. The Kier molecular flexibility index (Phi) is 3.94. The molecule has 4 nitrogen and oxygen atoms in total. The SMILES string of the molecule is C/C(=C\C1(C(=O)OC2CCCCC2)CC1(C)C)C(=O)O. The third kappa shape index (κ3) is 2.74. The molecule has 2 rings (SSSR count). The summed E-state index contributed by atoms with van der Waals surface area (Å²) in [7, 11) is 0. The van der Waals surface area contributed by atoms with Crippen LogP contribution in [0.1, 0.15) is 59.3 Å². The summed E-state index contributed by atoms with van der Waals surface area (Å²) >= 11 is 0. The van der Waals surface area contributed by atoms with Gasteiger partial charge in [-0.05, 0) is 44.4 Å². The minimum atomic E-state index is -0.974. The van der Waals surface area contributed by atoms with E-state index in [0.29, 0.717) is 6.42 Å². The van der Waals surface area contributed by atoms with Gasteiger partial charge in [-0.1, -0.05) is 26.3 Å². The zero-order chi connectivity index (χ0) is 15.0. The van der Waals surface area contributed by atoms with Gasteiger partial charge < -0.3 is 9.84 Å². The van der Waals surface area contributed by atoms with Gasteiger partial charge in [0.1, 0.15) is 6.10 Å². The molecule has 2 aliphatic rings. The Labute approximate surface area is 120 Å². The van der Waals surface area contributed by atoms with Crippen molar-refractivity contribution in [1.29, 1.82) is 0 Å². The summed E-state index contributed by atoms with van der Waals surface area (Å²) in [6, 6.07) is 0. The standard InChI is InChI=1S/C16H24O4/c1-11(13(17)18)9-16(10-15(16,2)3)14(19)20-12-7-5-4-6-8-12/h9,12H,4-8,10H2,1-3H3,(H,17,18)/b11-9+. The van der Waals surface area contributed by atoms with Gasteiger partial charge in [0, 0.05) is 5.57 Å². The van der Waals surface area contributed by atoms with Crippen LogP contribution in [0.15, 0.2) is 11.6 Å². The van der Waals surface area contributed by atoms with Crippen LogP contribution in [0.5, 0.6) is 0 Å². The van der Waals surface area contributed by atoms with Crippen LogP contribution < -0.4 is 0 Å². The van der Waals surface area contributed by atoms with Crippen LogP contribution in [0.25, 0.3) is 0 Å². The Balaban J connectivity index is 2.11. The molecule has 2 aliphatic carbocycles. The lowest BCUT2D eigenvalue weighted by atomic mass is 9.92. The second-order valence-corrected chi connectivity index (χ2v) is 6.83. The molecule has 1 N–H and O–H groups in total. The fourth-order valence-electron chi connectivity index (χ4n) is 3.18. The summed E-state index contributed by atoms with van der Waals surface area (Å²) in [5.41, 5.74) is -0.737. The summed E-state index contributed by atoms with van der Waals surface area (Å²) in [5, 5.41) is 9.03. The first-order chi connectivity index (χ1) is 9.28. The Bertz CT molecular complexity index is 443. The van der Waals surface area contributed by atoms with Gasteiger partial charge >= 0.3 is 11.9 Å². The fraction of sp³-hybridized carbons (Fsp3) is 0.750. The summed E-state index contributed by atoms with van der Waals surface area (Å²) in [6.45, 7) is 5.51. The van der Waals surface area contributed by atoms with Gasteiger partial charge in [-0.3, -0.25) is 4.79 Å². The molecule has 0 spiro atoms. The predicted molar refractivity (Wildman–Crippen MR) is 75.2 cm³/mol. The van der Waals surface area contributed by atoms with Crippen molar-refractivity contribution in [2.75, 3.05) is 0 Å². The van der Waals surface area contributed by atoms with Crippen LogP contribution in [-0.4, -0.2) is 23.1 Å². The number of hydrogen-bond acceptors (Lipinski definition) is 3. The van der Waals surface area contributed by atoms with Crippen molar-refractivity contribution in [3.8, 4) is 0 Å². The van der Waals surface area contributed by atoms with Gasteiger partial charge in [0.05, 0.1) is 5.41 Å². The lowest BCUT2D eigenvalue weighted by Crippen LogP contribution is -2.29. The number of esters is 1. The highest BCUT2D eigenvalue weighted by molar-refractivity contribution is 5.90. The number of carbonyl (C=O) groups is 2. The van der Waals surface area contributed by atoms with Crippen molar-refractivity contribution in [2.45, 2.75) is 65.4 Å². The summed E-state index contributed by atoms with van der Waals surface area (Å²) in [4.78, 5) is 23.5. The summed E-state index contributed by atoms with van der Waals surface area (Å²) in [6.07, 6.45) is 7.58. The molecule has 2 saturated carbocycles. The maximum atomic E-state index is 12.5. The smallest absolute Gasteiger partial charge is 0.330 e. The number of carboxylic acid groups (broad SMARTS) is 1. The molecule has 0 aromatic rings. The third-order valence-corrected chi connectivity index (χ3v) is 4.79. The Morgan fingerprint density at radius 2 is 1.75 bits per heavy atom. The normalized spacial score (nSPS) is 29.9. The largest absolute Gasteiger partial charge is 0.478 e. The molecule has 1 unspecified atom stereocenters. The average Bonchev–Trinajstić information content (AvgIpc) is 2.93. The molecule has 0 saturated heterocycles. The quantitative estimate of drug-likeness (QED) is 0.634. The van der Waals surface area contributed by atoms with Crippen LogP contribution in [-0.2, 0) is 14.3 Å². The van der Waals surface area contributed by atoms with Crippen molar-refractivity contribution < 1.29 is 19.4 Å². The second kappa shape index (κ2) is 5.23. The van der Waals surface area contributed by atoms with Gasteiger partial charge in [0.15, 0.2) is 0 Å². The molecule has 1 atom stereocenters. The van der Waals surface area contributed by atoms with Gasteiger partial charge in [-0.25, -0.2) is 4.79 Å². The van der Waals surface area contributed by atoms with E-state index in [9.17, 15) is 9.59 Å². The van der Waals surface area contributed by atoms with Gasteiger partial charge in [0.25, 0.3) is 0 Å². The maximum absolute atomic E-state index is 12.5. The molecule has 0 heterocycles. The van der Waals surface area contributed by atoms with Gasteiger partial charge in [-0.2, -0.15) is 0 Å². The lowest BCUT2D eigenvalue weighted by molar-refractivity contribution is -0.156. The van der Waals surface area contributed by atoms with Crippen LogP contribution in [0.3, 0.4) is 0 Å². The average molecular weight is 280 g/mol. The highest BCUT2D eigenvalue weighted by atomic mass is 16.5. The number of rotatable bonds is 4. The molecule has 0 aliphatic heterocycles. The number of ether oxygens (including phenoxy) is 1. The number of carbonyl (C=O) groups excluding carboxylic acids is 1. The molecule has 0 aromatic heterocycles. The molecular weight excluding hydrogens is 256 g/mol. The van der Waals surface area contributed by atoms with Crippen LogP contribution in [0.2, 0.25) is 0 Å². The second-order valence-electron chi connectivity index (χ2n) is 6.83. The maximum Gasteiger partial charge on any atom is 0.330 e. The predicted octanol–water partition coefficient (Wildman–Crippen LogP) is 3.31. The molecular formula is C16H24O4. The van der Waals surface area contributed by atoms with Crippen molar-refractivity contribution >= 4 is 11.9 Å². The van der Waals surface area contributed by atoms with Gasteiger partial charge in [0.2, 0.25) is 0 Å². The van der Waals surface area contributed by atoms with Gasteiger partial charge in [-0.15, -0.1) is 0 Å². The molecule has 4 heteroatoms. The van der Waals surface area contributed by atoms with E-state index < -0.39 is 11.4 Å². The van der Waals surface area contributed by atoms with Crippen LogP contribution >= 0.6 is 0 Å². The van der Waals surface area contributed by atoms with E-state index in [1.165, 1.54) is 13.3 Å². The van der Waals surface area contributed by atoms with E-state index in [2.05, 4.69) is 0 Å². The van der Waals surface area contributed by atoms with E-state index >= 15 is 0 Å². The Morgan fingerprint density at radius 1 is 1.20 bits per heavy atom. The van der Waals surface area contributed by atoms with Crippen LogP contribution in [0.4, 0.5) is 0 Å². The highest BCUT2D eigenvalue weighted by Crippen LogP contribution is 2.65. The van der Waals surface area contributed by atoms with Crippen molar-refractivity contribution in [2.24, 2.45) is 10.8 Å². The number of hydrogen-bond donors (Lipinski definition) is 1. The van der Waals surface area contributed by atoms with Crippen molar-refractivity contribution in [3.63, 3.8) is 0 Å². The topological polar surface area (TPSA) is 63.6 Å². The molecule has 0 bridgehead atoms. The van der Waals surface area contributed by atoms with Crippen molar-refractivity contribution in [1.82, 2.24) is 0 Å². The summed E-state index contributed by atoms with van der Waals surface area (Å²) in [5.74, 6) is -1.22. The van der Waals surface area contributed by atoms with E-state index in [4.69, 9.17) is 9.84 Å². The minimum Gasteiger partial charge on any atom is -0.478 e. The first kappa shape index (κ1) is 15.1. The Morgan fingerprint density at radius 3 is 2.20 bits per heavy atom. The summed E-state index contributed by atoms with van der Waals surface area (Å²) < 4.78 is 5.66. The van der Waals surface area contributed by atoms with E-state index in [0.717, 1.165) is 25.7 Å². The number of aliphatic carboxylic acids is 1. The minimum absolute atomic E-state index is 0.0167. The van der Waals surface area contributed by atoms with Crippen molar-refractivity contribution in [3.05, 3.63) is 11.6 Å². The monoisotopic (exact) mass is 280 g/mol. The molecule has 0 radical (unpaired) electrons. The van der Waals surface area contributed by atoms with E-state index in [1.54, 1.807) is 6.08 Å². The molecule has 0 amide bonds. The molecule has 20 heavy (non-hydrogen) atoms. The first-order valence-corrected chi connectivity index (χ1v) is 7.42. The Hall–Kier alpha value is -1.32. The van der Waals surface area contributed by atoms with E-state index in [-0.39, 0.29) is 23.1 Å². The highest BCUT2D eigenvalue weighted by Gasteiger charge is 2.66. The zero-order valence-corrected chi connectivity index (χ0v) is 12.6. The number of carboxylic acids is 1. The molecule has 2 fully saturated rings. The third-order valence-electron chi connectivity index (χ3n) is 4.79. The zero-order valence-electron chi connectivity index (χ0n) is 12.6. The first-order valence-electron chi connectivity index (χ1n) is 7.42. The molecule has 0 aromatic carbocycles. The fourth-order valence-corrected chi connectivity index (χ4v) is 3.18. The van der Waals surface area contributed by atoms with E-state index in [1.807, 2.05) is 13.8 Å².